The number of likely N-dealkylation sites (N-methyl/N-ethyl adjacent to an activating group) is 1. The van der Waals surface area contributed by atoms with Crippen molar-refractivity contribution in [3.05, 3.63) is 65.2 Å². The number of ketones is 1. The van der Waals surface area contributed by atoms with Gasteiger partial charge in [-0.15, -0.1) is 0 Å². The van der Waals surface area contributed by atoms with E-state index in [-0.39, 0.29) is 17.9 Å². The highest BCUT2D eigenvalue weighted by Gasteiger charge is 2.66. The van der Waals surface area contributed by atoms with Gasteiger partial charge in [-0.25, -0.2) is 0 Å². The number of anilines is 1. The average molecular weight is 506 g/mol. The van der Waals surface area contributed by atoms with Gasteiger partial charge in [-0.2, -0.15) is 0 Å². The summed E-state index contributed by atoms with van der Waals surface area (Å²) in [6.45, 7) is 7.77. The molecule has 0 saturated carbocycles. The Bertz CT molecular complexity index is 1250. The van der Waals surface area contributed by atoms with E-state index in [0.717, 1.165) is 0 Å². The van der Waals surface area contributed by atoms with Crippen LogP contribution in [0.4, 0.5) is 5.69 Å². The Morgan fingerprint density at radius 2 is 1.70 bits per heavy atom. The maximum atomic E-state index is 14.2. The van der Waals surface area contributed by atoms with Crippen LogP contribution < -0.4 is 9.64 Å². The number of carbonyl (C=O) groups excluding carboxylic acids is 3. The van der Waals surface area contributed by atoms with Crippen molar-refractivity contribution in [3.8, 4) is 5.75 Å². The maximum absolute atomic E-state index is 14.2. The lowest BCUT2D eigenvalue weighted by Gasteiger charge is -2.36. The monoisotopic (exact) mass is 505 g/mol. The molecule has 2 fully saturated rings. The van der Waals surface area contributed by atoms with E-state index in [1.807, 2.05) is 26.0 Å². The number of carbonyl (C=O) groups is 3. The standard InChI is InChI=1S/C28H31N3O6/c1-3-30-22-8-6-5-7-21(22)28(27(30)35)23(24(32)19-9-11-20(12-10-19)37-4-2)25(33)26(34)31(28)14-13-29-15-17-36-18-16-29/h5-12,32H,3-4,13-18H2,1-2H3/t28-/m1/s1. The fourth-order valence-electron chi connectivity index (χ4n) is 5.57. The SMILES string of the molecule is CCOc1ccc(C(O)=C2C(=O)C(=O)N(CCN3CCOCC3)[C@@]23C(=O)N(CC)c2ccccc23)cc1. The second kappa shape index (κ2) is 9.99. The summed E-state index contributed by atoms with van der Waals surface area (Å²) in [6.07, 6.45) is 0. The van der Waals surface area contributed by atoms with Crippen LogP contribution in [0.1, 0.15) is 25.0 Å². The lowest BCUT2D eigenvalue weighted by atomic mass is 9.82. The maximum Gasteiger partial charge on any atom is 0.296 e. The number of aliphatic hydroxyl groups is 1. The van der Waals surface area contributed by atoms with Crippen molar-refractivity contribution in [3.63, 3.8) is 0 Å². The molecule has 9 nitrogen and oxygen atoms in total. The molecule has 1 N–H and O–H groups in total. The van der Waals surface area contributed by atoms with Crippen LogP contribution >= 0.6 is 0 Å². The molecule has 2 aromatic carbocycles. The highest BCUT2D eigenvalue weighted by molar-refractivity contribution is 6.50. The number of morpholine rings is 1. The predicted octanol–water partition coefficient (Wildman–Crippen LogP) is 2.36. The Morgan fingerprint density at radius 1 is 1.00 bits per heavy atom. The smallest absolute Gasteiger partial charge is 0.296 e. The van der Waals surface area contributed by atoms with Crippen LogP contribution in [-0.2, 0) is 24.7 Å². The summed E-state index contributed by atoms with van der Waals surface area (Å²) >= 11 is 0. The molecule has 2 saturated heterocycles. The van der Waals surface area contributed by atoms with Crippen molar-refractivity contribution in [1.29, 1.82) is 0 Å². The minimum absolute atomic E-state index is 0.155. The Balaban J connectivity index is 1.67. The lowest BCUT2D eigenvalue weighted by Crippen LogP contribution is -2.54. The molecule has 3 aliphatic rings. The summed E-state index contributed by atoms with van der Waals surface area (Å²) in [7, 11) is 0. The highest BCUT2D eigenvalue weighted by atomic mass is 16.5. The fraction of sp³-hybridized carbons (Fsp3) is 0.393. The molecule has 0 aromatic heterocycles. The molecule has 9 heteroatoms. The zero-order valence-electron chi connectivity index (χ0n) is 21.1. The van der Waals surface area contributed by atoms with E-state index in [9.17, 15) is 19.5 Å². The Hall–Kier alpha value is -3.69. The molecule has 0 unspecified atom stereocenters. The van der Waals surface area contributed by atoms with E-state index >= 15 is 0 Å². The second-order valence-corrected chi connectivity index (χ2v) is 9.20. The number of para-hydroxylation sites is 1. The quantitative estimate of drug-likeness (QED) is 0.350. The van der Waals surface area contributed by atoms with Gasteiger partial charge in [-0.1, -0.05) is 18.2 Å². The lowest BCUT2D eigenvalue weighted by molar-refractivity contribution is -0.144. The van der Waals surface area contributed by atoms with Gasteiger partial charge in [0, 0.05) is 43.9 Å². The molecule has 1 atom stereocenters. The third-order valence-electron chi connectivity index (χ3n) is 7.31. The van der Waals surface area contributed by atoms with E-state index in [4.69, 9.17) is 9.47 Å². The van der Waals surface area contributed by atoms with Crippen molar-refractivity contribution in [2.24, 2.45) is 0 Å². The minimum atomic E-state index is -1.74. The number of rotatable bonds is 7. The number of ether oxygens (including phenoxy) is 2. The fourth-order valence-corrected chi connectivity index (χ4v) is 5.57. The minimum Gasteiger partial charge on any atom is -0.507 e. The zero-order valence-corrected chi connectivity index (χ0v) is 21.1. The van der Waals surface area contributed by atoms with Gasteiger partial charge in [0.05, 0.1) is 31.1 Å². The molecule has 0 aliphatic carbocycles. The van der Waals surface area contributed by atoms with Crippen molar-refractivity contribution < 1.29 is 29.0 Å². The molecule has 2 amide bonds. The highest BCUT2D eigenvalue weighted by Crippen LogP contribution is 2.53. The number of hydrogen-bond acceptors (Lipinski definition) is 7. The molecule has 2 aromatic rings. The van der Waals surface area contributed by atoms with Crippen LogP contribution in [0.2, 0.25) is 0 Å². The molecule has 0 bridgehead atoms. The number of nitrogens with zero attached hydrogens (tertiary/aromatic N) is 3. The predicted molar refractivity (Wildman–Crippen MR) is 137 cm³/mol. The number of hydrogen-bond donors (Lipinski definition) is 1. The first-order valence-electron chi connectivity index (χ1n) is 12.7. The van der Waals surface area contributed by atoms with Crippen LogP contribution in [0.3, 0.4) is 0 Å². The summed E-state index contributed by atoms with van der Waals surface area (Å²) < 4.78 is 10.9. The van der Waals surface area contributed by atoms with Crippen LogP contribution in [0.15, 0.2) is 54.1 Å². The van der Waals surface area contributed by atoms with Crippen LogP contribution in [-0.4, -0.2) is 85.0 Å². The van der Waals surface area contributed by atoms with Gasteiger partial charge >= 0.3 is 0 Å². The molecular weight excluding hydrogens is 474 g/mol. The zero-order chi connectivity index (χ0) is 26.2. The molecule has 37 heavy (non-hydrogen) atoms. The number of Topliss-reactive ketones (excluding diaryl/α,β-unsaturated/α-hetero) is 1. The number of amides is 2. The third kappa shape index (κ3) is 3.89. The van der Waals surface area contributed by atoms with Crippen molar-refractivity contribution in [1.82, 2.24) is 9.80 Å². The van der Waals surface area contributed by atoms with Gasteiger partial charge in [-0.05, 0) is 44.2 Å². The van der Waals surface area contributed by atoms with Gasteiger partial charge in [0.2, 0.25) is 0 Å². The first-order chi connectivity index (χ1) is 17.9. The first kappa shape index (κ1) is 25.0. The molecule has 3 heterocycles. The van der Waals surface area contributed by atoms with Crippen LogP contribution in [0, 0.1) is 0 Å². The van der Waals surface area contributed by atoms with Gasteiger partial charge in [0.15, 0.2) is 5.54 Å². The Labute approximate surface area is 215 Å². The van der Waals surface area contributed by atoms with E-state index in [0.29, 0.717) is 68.6 Å². The molecule has 3 aliphatic heterocycles. The number of benzene rings is 2. The van der Waals surface area contributed by atoms with E-state index in [1.165, 1.54) is 4.90 Å². The van der Waals surface area contributed by atoms with Gasteiger partial charge in [0.25, 0.3) is 17.6 Å². The number of likely N-dealkylation sites (tertiary alicyclic amines) is 1. The average Bonchev–Trinajstić information content (AvgIpc) is 3.30. The summed E-state index contributed by atoms with van der Waals surface area (Å²) in [6, 6.07) is 13.8. The van der Waals surface area contributed by atoms with Crippen molar-refractivity contribution in [2.45, 2.75) is 19.4 Å². The molecule has 194 valence electrons. The molecule has 1 spiro atoms. The molecule has 5 rings (SSSR count). The van der Waals surface area contributed by atoms with Gasteiger partial charge in [0.1, 0.15) is 11.5 Å². The van der Waals surface area contributed by atoms with Gasteiger partial charge < -0.3 is 24.4 Å². The second-order valence-electron chi connectivity index (χ2n) is 9.20. The largest absolute Gasteiger partial charge is 0.507 e. The van der Waals surface area contributed by atoms with E-state index < -0.39 is 23.1 Å². The van der Waals surface area contributed by atoms with Crippen LogP contribution in [0.25, 0.3) is 5.76 Å². The first-order valence-corrected chi connectivity index (χ1v) is 12.7. The topological polar surface area (TPSA) is 99.6 Å². The summed E-state index contributed by atoms with van der Waals surface area (Å²) in [5.41, 5.74) is -0.455. The molecule has 0 radical (unpaired) electrons. The van der Waals surface area contributed by atoms with Gasteiger partial charge in [-0.3, -0.25) is 19.3 Å². The molecular formula is C28H31N3O6. The Kier molecular flexibility index (Phi) is 6.74. The summed E-state index contributed by atoms with van der Waals surface area (Å²) in [5.74, 6) is -1.84. The third-order valence-corrected chi connectivity index (χ3v) is 7.31. The van der Waals surface area contributed by atoms with Crippen molar-refractivity contribution in [2.75, 3.05) is 57.4 Å². The summed E-state index contributed by atoms with van der Waals surface area (Å²) in [4.78, 5) is 46.5. The number of aliphatic hydroxyl groups excluding tert-OH is 1. The van der Waals surface area contributed by atoms with E-state index in [2.05, 4.69) is 4.90 Å². The Morgan fingerprint density at radius 3 is 2.38 bits per heavy atom. The van der Waals surface area contributed by atoms with Crippen molar-refractivity contribution >= 4 is 29.0 Å². The normalized spacial score (nSPS) is 23.2. The van der Waals surface area contributed by atoms with Crippen LogP contribution in [0.5, 0.6) is 5.75 Å². The van der Waals surface area contributed by atoms with E-state index in [1.54, 1.807) is 41.3 Å². The summed E-state index contributed by atoms with van der Waals surface area (Å²) in [5, 5.41) is 11.5. The number of fused-ring (bicyclic) bond motifs is 2.